The first-order valence-corrected chi connectivity index (χ1v) is 11.2. The summed E-state index contributed by atoms with van der Waals surface area (Å²) in [6.45, 7) is 3.22. The summed E-state index contributed by atoms with van der Waals surface area (Å²) in [5.41, 5.74) is 2.13. The van der Waals surface area contributed by atoms with Crippen LogP contribution in [0, 0.1) is 6.92 Å². The van der Waals surface area contributed by atoms with Crippen molar-refractivity contribution in [1.82, 2.24) is 10.3 Å². The minimum absolute atomic E-state index is 0.119. The Morgan fingerprint density at radius 1 is 1.22 bits per heavy atom. The average Bonchev–Trinajstić information content (AvgIpc) is 3.54. The van der Waals surface area contributed by atoms with Crippen molar-refractivity contribution >= 4 is 28.8 Å². The molecule has 0 bridgehead atoms. The van der Waals surface area contributed by atoms with Gasteiger partial charge in [-0.3, -0.25) is 9.59 Å². The molecule has 2 amide bonds. The summed E-state index contributed by atoms with van der Waals surface area (Å²) in [6.07, 6.45) is 1.28. The molecule has 1 fully saturated rings. The minimum Gasteiger partial charge on any atom is -0.441 e. The first-order valence-electron chi connectivity index (χ1n) is 10.4. The van der Waals surface area contributed by atoms with Gasteiger partial charge in [-0.2, -0.15) is 0 Å². The average molecular weight is 456 g/mol. The Morgan fingerprint density at radius 3 is 2.75 bits per heavy atom. The van der Waals surface area contributed by atoms with Gasteiger partial charge < -0.3 is 24.5 Å². The molecule has 1 saturated heterocycles. The highest BCUT2D eigenvalue weighted by molar-refractivity contribution is 7.14. The van der Waals surface area contributed by atoms with E-state index in [0.717, 1.165) is 23.3 Å². The first-order chi connectivity index (χ1) is 15.5. The van der Waals surface area contributed by atoms with Crippen LogP contribution in [0.3, 0.4) is 0 Å². The number of carbonyl (C=O) groups excluding carboxylic acids is 2. The van der Waals surface area contributed by atoms with E-state index < -0.39 is 0 Å². The number of hydrogen-bond acceptors (Lipinski definition) is 7. The van der Waals surface area contributed by atoms with Gasteiger partial charge in [0.05, 0.1) is 18.0 Å². The van der Waals surface area contributed by atoms with E-state index in [2.05, 4.69) is 15.6 Å². The Balaban J connectivity index is 1.36. The van der Waals surface area contributed by atoms with Gasteiger partial charge in [-0.1, -0.05) is 0 Å². The Morgan fingerprint density at radius 2 is 2.03 bits per heavy atom. The van der Waals surface area contributed by atoms with Crippen LogP contribution in [0.25, 0.3) is 11.5 Å². The van der Waals surface area contributed by atoms with Gasteiger partial charge in [0.15, 0.2) is 0 Å². The molecule has 4 rings (SSSR count). The number of oxazole rings is 1. The lowest BCUT2D eigenvalue weighted by Crippen LogP contribution is -2.33. The number of ether oxygens (including phenoxy) is 2. The summed E-state index contributed by atoms with van der Waals surface area (Å²) in [5.74, 6) is 0.826. The second-order valence-electron chi connectivity index (χ2n) is 7.47. The molecule has 2 aromatic heterocycles. The number of anilines is 1. The van der Waals surface area contributed by atoms with Crippen LogP contribution in [0.2, 0.25) is 0 Å². The number of rotatable bonds is 8. The van der Waals surface area contributed by atoms with Crippen molar-refractivity contribution in [1.29, 1.82) is 0 Å². The highest BCUT2D eigenvalue weighted by Gasteiger charge is 2.24. The molecular weight excluding hydrogens is 430 g/mol. The Labute approximate surface area is 189 Å². The summed E-state index contributed by atoms with van der Waals surface area (Å²) in [7, 11) is 1.63. The number of amides is 2. The highest BCUT2D eigenvalue weighted by atomic mass is 32.1. The first kappa shape index (κ1) is 22.2. The summed E-state index contributed by atoms with van der Waals surface area (Å²) >= 11 is 1.40. The highest BCUT2D eigenvalue weighted by Crippen LogP contribution is 2.24. The molecule has 0 spiro atoms. The third-order valence-electron chi connectivity index (χ3n) is 5.11. The van der Waals surface area contributed by atoms with E-state index in [1.165, 1.54) is 11.3 Å². The van der Waals surface area contributed by atoms with Crippen molar-refractivity contribution in [3.05, 3.63) is 57.6 Å². The summed E-state index contributed by atoms with van der Waals surface area (Å²) in [5, 5.41) is 5.75. The number of aromatic nitrogens is 1. The molecule has 1 aliphatic heterocycles. The van der Waals surface area contributed by atoms with Crippen LogP contribution in [-0.4, -0.2) is 36.6 Å². The van der Waals surface area contributed by atoms with Crippen LogP contribution < -0.4 is 10.6 Å². The van der Waals surface area contributed by atoms with E-state index in [9.17, 15) is 9.59 Å². The van der Waals surface area contributed by atoms with E-state index in [0.29, 0.717) is 41.1 Å². The third kappa shape index (κ3) is 5.24. The van der Waals surface area contributed by atoms with Gasteiger partial charge in [-0.15, -0.1) is 11.3 Å². The number of aryl methyl sites for hydroxylation is 1. The van der Waals surface area contributed by atoms with Crippen molar-refractivity contribution in [3.8, 4) is 11.5 Å². The number of thiophene rings is 1. The fraction of sp³-hybridized carbons (Fsp3) is 0.348. The molecule has 1 aromatic carbocycles. The monoisotopic (exact) mass is 455 g/mol. The van der Waals surface area contributed by atoms with Crippen molar-refractivity contribution in [2.45, 2.75) is 39.0 Å². The summed E-state index contributed by atoms with van der Waals surface area (Å²) < 4.78 is 16.3. The molecule has 32 heavy (non-hydrogen) atoms. The number of nitrogens with one attached hydrogen (secondary N) is 2. The molecule has 0 unspecified atom stereocenters. The van der Waals surface area contributed by atoms with Gasteiger partial charge >= 0.3 is 0 Å². The fourth-order valence-electron chi connectivity index (χ4n) is 3.39. The molecule has 2 N–H and O–H groups in total. The fourth-order valence-corrected chi connectivity index (χ4v) is 4.27. The Hall–Kier alpha value is -3.01. The van der Waals surface area contributed by atoms with Crippen LogP contribution in [-0.2, 0) is 27.4 Å². The van der Waals surface area contributed by atoms with E-state index in [1.807, 2.05) is 25.1 Å². The quantitative estimate of drug-likeness (QED) is 0.534. The van der Waals surface area contributed by atoms with Crippen molar-refractivity contribution in [3.63, 3.8) is 0 Å². The van der Waals surface area contributed by atoms with Crippen LogP contribution in [0.1, 0.15) is 38.8 Å². The lowest BCUT2D eigenvalue weighted by Gasteiger charge is -2.09. The van der Waals surface area contributed by atoms with Gasteiger partial charge in [-0.05, 0) is 56.2 Å². The molecule has 0 saturated carbocycles. The molecule has 1 aliphatic rings. The number of carbonyl (C=O) groups is 2. The summed E-state index contributed by atoms with van der Waals surface area (Å²) in [4.78, 5) is 30.7. The number of nitrogens with zero attached hydrogens (tertiary/aromatic N) is 1. The second kappa shape index (κ2) is 10.1. The zero-order valence-electron chi connectivity index (χ0n) is 18.0. The van der Waals surface area contributed by atoms with Crippen molar-refractivity contribution in [2.24, 2.45) is 0 Å². The molecule has 168 valence electrons. The standard InChI is InChI=1S/C23H25N3O5S/c1-14-18(12-24-21(27)19-4-3-11-30-19)26-23(31-14)15-5-7-16(8-6-15)25-22(28)20-10-9-17(32-20)13-29-2/h5-10,19H,3-4,11-13H2,1-2H3,(H,24,27)(H,25,28)/t19-/m0/s1. The molecule has 3 aromatic rings. The Bertz CT molecular complexity index is 1080. The lowest BCUT2D eigenvalue weighted by atomic mass is 10.2. The predicted molar refractivity (Wildman–Crippen MR) is 120 cm³/mol. The number of benzene rings is 1. The SMILES string of the molecule is COCc1ccc(C(=O)Nc2ccc(-c3nc(CNC(=O)[C@@H]4CCCO4)c(C)o3)cc2)s1. The van der Waals surface area contributed by atoms with Gasteiger partial charge in [0.25, 0.3) is 5.91 Å². The van der Waals surface area contributed by atoms with E-state index >= 15 is 0 Å². The van der Waals surface area contributed by atoms with Crippen LogP contribution in [0.5, 0.6) is 0 Å². The van der Waals surface area contributed by atoms with Crippen LogP contribution in [0.15, 0.2) is 40.8 Å². The largest absolute Gasteiger partial charge is 0.441 e. The maximum absolute atomic E-state index is 12.4. The second-order valence-corrected chi connectivity index (χ2v) is 8.64. The molecule has 3 heterocycles. The molecule has 1 atom stereocenters. The zero-order valence-corrected chi connectivity index (χ0v) is 18.8. The number of hydrogen-bond donors (Lipinski definition) is 2. The molecule has 0 aliphatic carbocycles. The minimum atomic E-state index is -0.370. The Kier molecular flexibility index (Phi) is 6.99. The van der Waals surface area contributed by atoms with Gasteiger partial charge in [0.2, 0.25) is 11.8 Å². The molecule has 0 radical (unpaired) electrons. The lowest BCUT2D eigenvalue weighted by molar-refractivity contribution is -0.130. The smallest absolute Gasteiger partial charge is 0.265 e. The van der Waals surface area contributed by atoms with Gasteiger partial charge in [0.1, 0.15) is 17.6 Å². The number of methoxy groups -OCH3 is 1. The zero-order chi connectivity index (χ0) is 22.5. The normalized spacial score (nSPS) is 15.6. The van der Waals surface area contributed by atoms with Crippen LogP contribution in [0.4, 0.5) is 5.69 Å². The van der Waals surface area contributed by atoms with E-state index in [4.69, 9.17) is 13.9 Å². The maximum atomic E-state index is 12.4. The van der Waals surface area contributed by atoms with Crippen LogP contribution >= 0.6 is 11.3 Å². The molecular formula is C23H25N3O5S. The van der Waals surface area contributed by atoms with Crippen molar-refractivity contribution < 1.29 is 23.5 Å². The third-order valence-corrected chi connectivity index (χ3v) is 6.16. The molecule has 9 heteroatoms. The van der Waals surface area contributed by atoms with Crippen molar-refractivity contribution in [2.75, 3.05) is 19.0 Å². The maximum Gasteiger partial charge on any atom is 0.265 e. The van der Waals surface area contributed by atoms with Gasteiger partial charge in [0, 0.05) is 29.8 Å². The van der Waals surface area contributed by atoms with Gasteiger partial charge in [-0.25, -0.2) is 4.98 Å². The van der Waals surface area contributed by atoms with E-state index in [-0.39, 0.29) is 24.5 Å². The topological polar surface area (TPSA) is 103 Å². The van der Waals surface area contributed by atoms with E-state index in [1.54, 1.807) is 25.3 Å². The summed E-state index contributed by atoms with van der Waals surface area (Å²) in [6, 6.07) is 10.9. The molecule has 8 nitrogen and oxygen atoms in total. The predicted octanol–water partition coefficient (Wildman–Crippen LogP) is 3.91.